The molecule has 0 radical (unpaired) electrons. The van der Waals surface area contributed by atoms with Crippen molar-refractivity contribution >= 4 is 21.3 Å². The van der Waals surface area contributed by atoms with Crippen molar-refractivity contribution in [3.8, 4) is 0 Å². The molecular weight excluding hydrogens is 427 g/mol. The largest absolute Gasteiger partial charge is 1.00 e. The van der Waals surface area contributed by atoms with E-state index in [4.69, 9.17) is 0 Å². The Balaban J connectivity index is 0. The summed E-state index contributed by atoms with van der Waals surface area (Å²) in [5.41, 5.74) is 3.14. The van der Waals surface area contributed by atoms with Gasteiger partial charge in [-0.1, -0.05) is 0 Å². The predicted molar refractivity (Wildman–Crippen MR) is 96.2 cm³/mol. The molecule has 0 saturated heterocycles. The Bertz CT molecular complexity index is 611. The molecule has 0 aromatic heterocycles. The van der Waals surface area contributed by atoms with Crippen LogP contribution in [-0.4, -0.2) is 16.1 Å². The monoisotopic (exact) mass is 452 g/mol. The minimum Gasteiger partial charge on any atom is -1.00 e. The number of hydrogen-bond acceptors (Lipinski definition) is 0. The van der Waals surface area contributed by atoms with E-state index in [0.29, 0.717) is 0 Å². The fourth-order valence-corrected chi connectivity index (χ4v) is 6.70. The maximum absolute atomic E-state index is 2.50. The summed E-state index contributed by atoms with van der Waals surface area (Å²) in [5.74, 6) is 0. The van der Waals surface area contributed by atoms with Gasteiger partial charge >= 0.3 is 144 Å². The summed E-state index contributed by atoms with van der Waals surface area (Å²) in [6.45, 7) is 14.7. The molecule has 1 aliphatic rings. The topological polar surface area (TPSA) is 0 Å². The number of rotatable bonds is 4. The Kier molecular flexibility index (Phi) is 11.4. The minimum absolute atomic E-state index is 0. The first-order valence-corrected chi connectivity index (χ1v) is 15.6. The van der Waals surface area contributed by atoms with Crippen molar-refractivity contribution in [1.82, 2.24) is 0 Å². The molecule has 132 valence electrons. The molecule has 0 nitrogen and oxygen atoms in total. The zero-order valence-electron chi connectivity index (χ0n) is 15.4. The van der Waals surface area contributed by atoms with Gasteiger partial charge in [-0.3, -0.25) is 0 Å². The van der Waals surface area contributed by atoms with Gasteiger partial charge in [0.25, 0.3) is 0 Å². The molecule has 0 amide bonds. The van der Waals surface area contributed by atoms with Gasteiger partial charge in [0, 0.05) is 0 Å². The van der Waals surface area contributed by atoms with E-state index in [2.05, 4.69) is 90.1 Å². The molecule has 24 heavy (non-hydrogen) atoms. The summed E-state index contributed by atoms with van der Waals surface area (Å²) in [5, 5.41) is 3.27. The summed E-state index contributed by atoms with van der Waals surface area (Å²) >= 11 is 2.32. The van der Waals surface area contributed by atoms with Gasteiger partial charge in [-0.25, -0.2) is 0 Å². The third-order valence-electron chi connectivity index (χ3n) is 4.18. The molecule has 2 rings (SSSR count). The summed E-state index contributed by atoms with van der Waals surface area (Å²) in [4.78, 5) is 0. The Morgan fingerprint density at radius 3 is 2.00 bits per heavy atom. The molecule has 0 spiro atoms. The van der Waals surface area contributed by atoms with Crippen molar-refractivity contribution in [1.29, 1.82) is 0 Å². The van der Waals surface area contributed by atoms with Crippen molar-refractivity contribution in [3.05, 3.63) is 50.6 Å². The van der Waals surface area contributed by atoms with E-state index in [0.717, 1.165) is 6.42 Å². The predicted octanol–water partition coefficient (Wildman–Crippen LogP) is -4.21. The van der Waals surface area contributed by atoms with E-state index in [9.17, 15) is 0 Å². The molecule has 0 heterocycles. The Morgan fingerprint density at radius 2 is 1.50 bits per heavy atom. The number of halogens is 3. The van der Waals surface area contributed by atoms with Crippen LogP contribution >= 0.6 is 0 Å². The Morgan fingerprint density at radius 1 is 0.917 bits per heavy atom. The Hall–Kier alpha value is 0.718. The van der Waals surface area contributed by atoms with Gasteiger partial charge in [0.2, 0.25) is 0 Å². The fraction of sp³-hybridized carbons (Fsp3) is 0.444. The molecule has 1 aromatic rings. The minimum atomic E-state index is -1.22. The second kappa shape index (κ2) is 10.2. The summed E-state index contributed by atoms with van der Waals surface area (Å²) in [6, 6.07) is 9.35. The van der Waals surface area contributed by atoms with Gasteiger partial charge in [-0.15, -0.1) is 0 Å². The molecular formula is C18H27Cl3Si2Ti. The third-order valence-corrected chi connectivity index (χ3v) is 9.14. The van der Waals surface area contributed by atoms with Crippen LogP contribution in [0, 0.1) is 0 Å². The van der Waals surface area contributed by atoms with Gasteiger partial charge in [0.1, 0.15) is 0 Å². The maximum Gasteiger partial charge on any atom is -1.00 e. The smallest absolute Gasteiger partial charge is 1.00 e. The third kappa shape index (κ3) is 6.79. The van der Waals surface area contributed by atoms with Crippen LogP contribution in [0.15, 0.2) is 45.0 Å². The van der Waals surface area contributed by atoms with Crippen LogP contribution in [0.3, 0.4) is 0 Å². The molecule has 1 aliphatic carbocycles. The first-order valence-electron chi connectivity index (χ1n) is 7.83. The van der Waals surface area contributed by atoms with E-state index in [1.807, 2.05) is 0 Å². The van der Waals surface area contributed by atoms with Gasteiger partial charge in [-0.05, 0) is 0 Å². The van der Waals surface area contributed by atoms with E-state index in [1.54, 1.807) is 19.8 Å². The molecule has 0 aliphatic heterocycles. The molecule has 0 fully saturated rings. The van der Waals surface area contributed by atoms with Crippen molar-refractivity contribution in [2.75, 3.05) is 0 Å². The molecule has 0 N–H and O–H groups in total. The summed E-state index contributed by atoms with van der Waals surface area (Å²) in [6.07, 6.45) is 4.79. The quantitative estimate of drug-likeness (QED) is 0.406. The second-order valence-electron chi connectivity index (χ2n) is 8.16. The summed E-state index contributed by atoms with van der Waals surface area (Å²) < 4.78 is 1.59. The van der Waals surface area contributed by atoms with Crippen LogP contribution in [0.25, 0.3) is 0 Å². The van der Waals surface area contributed by atoms with Crippen molar-refractivity contribution in [3.63, 3.8) is 0 Å². The van der Waals surface area contributed by atoms with Crippen LogP contribution in [0.2, 0.25) is 39.3 Å². The van der Waals surface area contributed by atoms with Crippen LogP contribution in [0.5, 0.6) is 0 Å². The zero-order chi connectivity index (χ0) is 15.8. The number of allylic oxidation sites excluding steroid dienone is 4. The van der Waals surface area contributed by atoms with Gasteiger partial charge in [0.15, 0.2) is 0 Å². The Labute approximate surface area is 180 Å². The average Bonchev–Trinajstić information content (AvgIpc) is 2.70. The van der Waals surface area contributed by atoms with E-state index in [1.165, 1.54) is 12.0 Å². The van der Waals surface area contributed by atoms with Crippen molar-refractivity contribution in [2.24, 2.45) is 0 Å². The van der Waals surface area contributed by atoms with Gasteiger partial charge < -0.3 is 37.2 Å². The SMILES string of the molecule is C[Si](C)(C)C1=CC[C]([Ti+3])=C1Cc1cccc([Si](C)(C)C)c1.[Cl-].[Cl-].[Cl-]. The molecule has 0 unspecified atom stereocenters. The fourth-order valence-electron chi connectivity index (χ4n) is 2.93. The van der Waals surface area contributed by atoms with Crippen LogP contribution in [0.1, 0.15) is 12.0 Å². The second-order valence-corrected chi connectivity index (χ2v) is 19.2. The van der Waals surface area contributed by atoms with Crippen LogP contribution in [-0.2, 0) is 26.9 Å². The maximum atomic E-state index is 2.50. The standard InChI is InChI=1S/C18H27Si2.3ClH.Ti/c1-19(2,3)17-11-7-9-15(14-17)13-16-10-8-12-18(16)20(4,5)6;;;;/h7,9,11-12,14H,8,13H2,1-6H3;3*1H;/q;;;;+3/p-3. The molecule has 1 aromatic carbocycles. The van der Waals surface area contributed by atoms with E-state index in [-0.39, 0.29) is 37.2 Å². The van der Waals surface area contributed by atoms with Crippen LogP contribution < -0.4 is 42.4 Å². The van der Waals surface area contributed by atoms with Crippen molar-refractivity contribution in [2.45, 2.75) is 52.1 Å². The first-order chi connectivity index (χ1) is 9.59. The molecule has 0 atom stereocenters. The molecule has 0 saturated carbocycles. The number of benzene rings is 1. The summed E-state index contributed by atoms with van der Waals surface area (Å²) in [7, 11) is -2.43. The van der Waals surface area contributed by atoms with E-state index < -0.39 is 16.1 Å². The molecule has 0 bridgehead atoms. The average molecular weight is 454 g/mol. The van der Waals surface area contributed by atoms with E-state index >= 15 is 0 Å². The zero-order valence-corrected chi connectivity index (χ0v) is 21.3. The molecule has 6 heteroatoms. The van der Waals surface area contributed by atoms with Gasteiger partial charge in [-0.2, -0.15) is 0 Å². The normalized spacial score (nSPS) is 14.4. The van der Waals surface area contributed by atoms with Crippen molar-refractivity contribution < 1.29 is 57.7 Å². The first kappa shape index (κ1) is 26.9. The van der Waals surface area contributed by atoms with Gasteiger partial charge in [0.05, 0.1) is 0 Å². The van der Waals surface area contributed by atoms with Crippen LogP contribution in [0.4, 0.5) is 0 Å². The number of hydrogen-bond donors (Lipinski definition) is 0.